The molecule has 2 rings (SSSR count). The van der Waals surface area contributed by atoms with Crippen LogP contribution in [0.5, 0.6) is 0 Å². The summed E-state index contributed by atoms with van der Waals surface area (Å²) < 4.78 is 30.5. The summed E-state index contributed by atoms with van der Waals surface area (Å²) in [5, 5.41) is 7.42. The van der Waals surface area contributed by atoms with Crippen LogP contribution in [0.2, 0.25) is 5.02 Å². The third-order valence-electron chi connectivity index (χ3n) is 2.96. The van der Waals surface area contributed by atoms with Crippen molar-refractivity contribution < 1.29 is 12.9 Å². The standard InChI is InChI=1S/C13H17ClN4O3S.ClH/c1-8(15-2)6-12-16-13(21-17-12)10-7-9(14)4-5-11(10)18-22(3,19)20;/h4-5,7-8,15,18H,6H2,1-3H3;1H. The van der Waals surface area contributed by atoms with Crippen LogP contribution in [0.1, 0.15) is 12.7 Å². The van der Waals surface area contributed by atoms with Crippen molar-refractivity contribution in [3.63, 3.8) is 0 Å². The maximum atomic E-state index is 11.4. The minimum absolute atomic E-state index is 0. The zero-order valence-electron chi connectivity index (χ0n) is 12.8. The molecule has 0 aliphatic carbocycles. The van der Waals surface area contributed by atoms with Crippen LogP contribution in [0, 0.1) is 0 Å². The number of likely N-dealkylation sites (N-methyl/N-ethyl adjacent to an activating group) is 1. The van der Waals surface area contributed by atoms with Gasteiger partial charge in [0, 0.05) is 17.5 Å². The summed E-state index contributed by atoms with van der Waals surface area (Å²) in [6.45, 7) is 1.99. The van der Waals surface area contributed by atoms with E-state index in [2.05, 4.69) is 20.2 Å². The van der Waals surface area contributed by atoms with Crippen LogP contribution in [0.4, 0.5) is 5.69 Å². The molecule has 23 heavy (non-hydrogen) atoms. The first-order valence-corrected chi connectivity index (χ1v) is 8.83. The first-order valence-electron chi connectivity index (χ1n) is 6.56. The van der Waals surface area contributed by atoms with Gasteiger partial charge in [0.05, 0.1) is 17.5 Å². The third-order valence-corrected chi connectivity index (χ3v) is 3.78. The highest BCUT2D eigenvalue weighted by molar-refractivity contribution is 7.92. The fraction of sp³-hybridized carbons (Fsp3) is 0.385. The molecule has 0 saturated heterocycles. The van der Waals surface area contributed by atoms with Crippen molar-refractivity contribution >= 4 is 39.7 Å². The van der Waals surface area contributed by atoms with Gasteiger partial charge in [0.15, 0.2) is 5.82 Å². The summed E-state index contributed by atoms with van der Waals surface area (Å²) in [6.07, 6.45) is 1.66. The molecule has 128 valence electrons. The molecular formula is C13H18Cl2N4O3S. The van der Waals surface area contributed by atoms with Crippen molar-refractivity contribution in [1.82, 2.24) is 15.5 Å². The molecule has 0 spiro atoms. The first kappa shape index (κ1) is 19.7. The maximum absolute atomic E-state index is 11.4. The van der Waals surface area contributed by atoms with Crippen LogP contribution in [-0.2, 0) is 16.4 Å². The topological polar surface area (TPSA) is 97.1 Å². The van der Waals surface area contributed by atoms with Crippen molar-refractivity contribution in [2.24, 2.45) is 0 Å². The Kier molecular flexibility index (Phi) is 6.82. The quantitative estimate of drug-likeness (QED) is 0.797. The van der Waals surface area contributed by atoms with Gasteiger partial charge in [0.1, 0.15) is 0 Å². The average molecular weight is 381 g/mol. The average Bonchev–Trinajstić information content (AvgIpc) is 2.87. The second-order valence-corrected chi connectivity index (χ2v) is 7.16. The minimum atomic E-state index is -3.43. The van der Waals surface area contributed by atoms with Crippen LogP contribution < -0.4 is 10.0 Å². The van der Waals surface area contributed by atoms with E-state index < -0.39 is 10.0 Å². The van der Waals surface area contributed by atoms with Crippen molar-refractivity contribution in [2.75, 3.05) is 18.0 Å². The molecule has 1 unspecified atom stereocenters. The summed E-state index contributed by atoms with van der Waals surface area (Å²) >= 11 is 5.97. The molecule has 1 aromatic carbocycles. The highest BCUT2D eigenvalue weighted by Crippen LogP contribution is 2.30. The second-order valence-electron chi connectivity index (χ2n) is 4.97. The summed E-state index contributed by atoms with van der Waals surface area (Å²) in [4.78, 5) is 4.29. The Balaban J connectivity index is 0.00000264. The van der Waals surface area contributed by atoms with E-state index in [1.165, 1.54) is 0 Å². The summed E-state index contributed by atoms with van der Waals surface area (Å²) in [7, 11) is -1.59. The normalized spacial score (nSPS) is 12.5. The number of hydrogen-bond acceptors (Lipinski definition) is 6. The van der Waals surface area contributed by atoms with Crippen LogP contribution in [0.25, 0.3) is 11.5 Å². The number of nitrogens with zero attached hydrogens (tertiary/aromatic N) is 2. The van der Waals surface area contributed by atoms with E-state index in [0.717, 1.165) is 6.26 Å². The molecule has 0 fully saturated rings. The van der Waals surface area contributed by atoms with E-state index in [9.17, 15) is 8.42 Å². The SMILES string of the molecule is CNC(C)Cc1noc(-c2cc(Cl)ccc2NS(C)(=O)=O)n1.Cl. The largest absolute Gasteiger partial charge is 0.334 e. The molecule has 1 aromatic heterocycles. The van der Waals surface area contributed by atoms with Crippen LogP contribution in [0.15, 0.2) is 22.7 Å². The van der Waals surface area contributed by atoms with Gasteiger partial charge in [0.25, 0.3) is 5.89 Å². The summed E-state index contributed by atoms with van der Waals surface area (Å²) in [6, 6.07) is 4.91. The maximum Gasteiger partial charge on any atom is 0.260 e. The predicted molar refractivity (Wildman–Crippen MR) is 92.7 cm³/mol. The van der Waals surface area contributed by atoms with Gasteiger partial charge in [0.2, 0.25) is 10.0 Å². The number of anilines is 1. The molecule has 0 amide bonds. The van der Waals surface area contributed by atoms with Gasteiger partial charge >= 0.3 is 0 Å². The van der Waals surface area contributed by atoms with Crippen LogP contribution in [0.3, 0.4) is 0 Å². The fourth-order valence-corrected chi connectivity index (χ4v) is 2.55. The van der Waals surface area contributed by atoms with Crippen molar-refractivity contribution in [1.29, 1.82) is 0 Å². The molecule has 10 heteroatoms. The molecular weight excluding hydrogens is 363 g/mol. The van der Waals surface area contributed by atoms with E-state index in [4.69, 9.17) is 16.1 Å². The lowest BCUT2D eigenvalue weighted by Crippen LogP contribution is -2.24. The monoisotopic (exact) mass is 380 g/mol. The Hall–Kier alpha value is -1.35. The van der Waals surface area contributed by atoms with E-state index >= 15 is 0 Å². The van der Waals surface area contributed by atoms with E-state index in [1.807, 2.05) is 14.0 Å². The third kappa shape index (κ3) is 5.65. The molecule has 2 N–H and O–H groups in total. The van der Waals surface area contributed by atoms with E-state index in [-0.39, 0.29) is 24.3 Å². The Morgan fingerprint density at radius 1 is 1.39 bits per heavy atom. The molecule has 0 aliphatic rings. The molecule has 2 aromatic rings. The number of aromatic nitrogens is 2. The Morgan fingerprint density at radius 2 is 2.09 bits per heavy atom. The second kappa shape index (κ2) is 7.96. The van der Waals surface area contributed by atoms with E-state index in [0.29, 0.717) is 28.5 Å². The predicted octanol–water partition coefficient (Wildman–Crippen LogP) is 2.33. The Morgan fingerprint density at radius 3 is 2.70 bits per heavy atom. The lowest BCUT2D eigenvalue weighted by atomic mass is 10.2. The van der Waals surface area contributed by atoms with Gasteiger partial charge < -0.3 is 9.84 Å². The number of hydrogen-bond donors (Lipinski definition) is 2. The van der Waals surface area contributed by atoms with Crippen LogP contribution in [-0.4, -0.2) is 37.9 Å². The lowest BCUT2D eigenvalue weighted by molar-refractivity contribution is 0.418. The Labute approximate surface area is 146 Å². The molecule has 7 nitrogen and oxygen atoms in total. The summed E-state index contributed by atoms with van der Waals surface area (Å²) in [5.41, 5.74) is 0.776. The molecule has 0 radical (unpaired) electrons. The zero-order valence-corrected chi connectivity index (χ0v) is 15.2. The number of benzene rings is 1. The molecule has 0 saturated carbocycles. The van der Waals surface area contributed by atoms with Gasteiger partial charge in [-0.1, -0.05) is 16.8 Å². The molecule has 0 aliphatic heterocycles. The first-order chi connectivity index (χ1) is 10.3. The number of rotatable bonds is 6. The zero-order chi connectivity index (χ0) is 16.3. The smallest absolute Gasteiger partial charge is 0.260 e. The van der Waals surface area contributed by atoms with Gasteiger partial charge in [-0.05, 0) is 32.2 Å². The molecule has 1 heterocycles. The van der Waals surface area contributed by atoms with Crippen molar-refractivity contribution in [2.45, 2.75) is 19.4 Å². The highest BCUT2D eigenvalue weighted by atomic mass is 35.5. The van der Waals surface area contributed by atoms with Gasteiger partial charge in [-0.25, -0.2) is 8.42 Å². The number of halogens is 2. The fourth-order valence-electron chi connectivity index (χ4n) is 1.80. The van der Waals surface area contributed by atoms with Gasteiger partial charge in [-0.15, -0.1) is 12.4 Å². The molecule has 0 bridgehead atoms. The highest BCUT2D eigenvalue weighted by Gasteiger charge is 2.17. The minimum Gasteiger partial charge on any atom is -0.334 e. The van der Waals surface area contributed by atoms with Gasteiger partial charge in [-0.2, -0.15) is 4.98 Å². The molecule has 1 atom stereocenters. The van der Waals surface area contributed by atoms with Crippen molar-refractivity contribution in [3.8, 4) is 11.5 Å². The van der Waals surface area contributed by atoms with Crippen LogP contribution >= 0.6 is 24.0 Å². The van der Waals surface area contributed by atoms with E-state index in [1.54, 1.807) is 18.2 Å². The number of nitrogens with one attached hydrogen (secondary N) is 2. The van der Waals surface area contributed by atoms with Crippen molar-refractivity contribution in [3.05, 3.63) is 29.0 Å². The lowest BCUT2D eigenvalue weighted by Gasteiger charge is -2.08. The Bertz CT molecular complexity index is 764. The van der Waals surface area contributed by atoms with Gasteiger partial charge in [-0.3, -0.25) is 4.72 Å². The number of sulfonamides is 1. The summed E-state index contributed by atoms with van der Waals surface area (Å²) in [5.74, 6) is 0.745.